The molecule has 1 aromatic carbocycles. The number of benzene rings is 1. The van der Waals surface area contributed by atoms with Crippen molar-refractivity contribution in [1.82, 2.24) is 9.97 Å². The van der Waals surface area contributed by atoms with E-state index < -0.39 is 5.91 Å². The van der Waals surface area contributed by atoms with Gasteiger partial charge in [-0.15, -0.1) is 0 Å². The predicted molar refractivity (Wildman–Crippen MR) is 102 cm³/mol. The van der Waals surface area contributed by atoms with Crippen molar-refractivity contribution in [1.29, 1.82) is 0 Å². The van der Waals surface area contributed by atoms with Crippen LogP contribution in [0, 0.1) is 5.92 Å². The summed E-state index contributed by atoms with van der Waals surface area (Å²) >= 11 is 0. The number of fused-ring (bicyclic) bond motifs is 1. The van der Waals surface area contributed by atoms with Crippen LogP contribution >= 0.6 is 0 Å². The minimum atomic E-state index is -0.561. The zero-order chi connectivity index (χ0) is 18.5. The molecule has 0 saturated heterocycles. The second-order valence-electron chi connectivity index (χ2n) is 6.56. The lowest BCUT2D eigenvalue weighted by Gasteiger charge is -2.14. The van der Waals surface area contributed by atoms with Gasteiger partial charge in [0.05, 0.1) is 17.9 Å². The van der Waals surface area contributed by atoms with Gasteiger partial charge in [0.2, 0.25) is 5.95 Å². The van der Waals surface area contributed by atoms with E-state index in [1.54, 1.807) is 0 Å². The second-order valence-corrected chi connectivity index (χ2v) is 6.56. The zero-order valence-corrected chi connectivity index (χ0v) is 15.0. The SMILES string of the molecule is CC(C)CNc1nc(Nc2ccc3c(c2)NCCCO3)ncc1C(N)=O. The van der Waals surface area contributed by atoms with Gasteiger partial charge < -0.3 is 26.4 Å². The normalized spacial score (nSPS) is 13.2. The van der Waals surface area contributed by atoms with Crippen molar-refractivity contribution < 1.29 is 9.53 Å². The van der Waals surface area contributed by atoms with Crippen molar-refractivity contribution in [2.75, 3.05) is 35.6 Å². The number of rotatable bonds is 6. The second kappa shape index (κ2) is 7.90. The first-order valence-electron chi connectivity index (χ1n) is 8.71. The maximum absolute atomic E-state index is 11.6. The molecular weight excluding hydrogens is 332 g/mol. The summed E-state index contributed by atoms with van der Waals surface area (Å²) in [5.74, 6) is 1.49. The molecule has 1 aliphatic rings. The molecule has 1 aliphatic heterocycles. The van der Waals surface area contributed by atoms with Crippen LogP contribution in [0.3, 0.4) is 0 Å². The predicted octanol–water partition coefficient (Wildman–Crippen LogP) is 2.58. The summed E-state index contributed by atoms with van der Waals surface area (Å²) in [5, 5.41) is 9.65. The Hall–Kier alpha value is -3.03. The number of nitrogens with zero attached hydrogens (tertiary/aromatic N) is 2. The van der Waals surface area contributed by atoms with Gasteiger partial charge in [0.25, 0.3) is 5.91 Å². The molecule has 0 atom stereocenters. The van der Waals surface area contributed by atoms with Crippen molar-refractivity contribution in [3.8, 4) is 5.75 Å². The fraction of sp³-hybridized carbons (Fsp3) is 0.389. The number of hydrogen-bond acceptors (Lipinski definition) is 7. The maximum atomic E-state index is 11.6. The Kier molecular flexibility index (Phi) is 5.40. The quantitative estimate of drug-likeness (QED) is 0.629. The Morgan fingerprint density at radius 3 is 3.04 bits per heavy atom. The molecule has 2 heterocycles. The van der Waals surface area contributed by atoms with Gasteiger partial charge in [0.15, 0.2) is 0 Å². The van der Waals surface area contributed by atoms with E-state index in [1.165, 1.54) is 6.20 Å². The summed E-state index contributed by atoms with van der Waals surface area (Å²) in [5.41, 5.74) is 7.44. The van der Waals surface area contributed by atoms with Gasteiger partial charge >= 0.3 is 0 Å². The van der Waals surface area contributed by atoms with Crippen molar-refractivity contribution in [2.24, 2.45) is 11.7 Å². The standard InChI is InChI=1S/C18H24N6O2/c1-11(2)9-21-17-13(16(19)25)10-22-18(24-17)23-12-4-5-15-14(8-12)20-6-3-7-26-15/h4-5,8,10-11,20H,3,6-7,9H2,1-2H3,(H2,19,25)(H2,21,22,23,24). The van der Waals surface area contributed by atoms with Crippen molar-refractivity contribution in [2.45, 2.75) is 20.3 Å². The molecule has 8 heteroatoms. The number of ether oxygens (including phenoxy) is 1. The van der Waals surface area contributed by atoms with Crippen LogP contribution < -0.4 is 26.4 Å². The Morgan fingerprint density at radius 1 is 1.42 bits per heavy atom. The van der Waals surface area contributed by atoms with E-state index in [1.807, 2.05) is 18.2 Å². The molecule has 0 saturated carbocycles. The lowest BCUT2D eigenvalue weighted by atomic mass is 10.2. The molecule has 8 nitrogen and oxygen atoms in total. The van der Waals surface area contributed by atoms with Gasteiger partial charge in [-0.2, -0.15) is 4.98 Å². The van der Waals surface area contributed by atoms with E-state index >= 15 is 0 Å². The number of amides is 1. The number of hydrogen-bond donors (Lipinski definition) is 4. The molecule has 0 aliphatic carbocycles. The Morgan fingerprint density at radius 2 is 2.27 bits per heavy atom. The van der Waals surface area contributed by atoms with Crippen LogP contribution in [-0.4, -0.2) is 35.6 Å². The maximum Gasteiger partial charge on any atom is 0.254 e. The molecule has 2 aromatic rings. The number of carbonyl (C=O) groups is 1. The number of primary amides is 1. The number of carbonyl (C=O) groups excluding carboxylic acids is 1. The molecule has 138 valence electrons. The Balaban J connectivity index is 1.82. The van der Waals surface area contributed by atoms with E-state index in [-0.39, 0.29) is 5.56 Å². The molecule has 1 amide bonds. The summed E-state index contributed by atoms with van der Waals surface area (Å²) in [7, 11) is 0. The molecule has 1 aromatic heterocycles. The van der Waals surface area contributed by atoms with Crippen LogP contribution in [0.2, 0.25) is 0 Å². The molecule has 0 fully saturated rings. The van der Waals surface area contributed by atoms with Gasteiger partial charge in [-0.25, -0.2) is 4.98 Å². The fourth-order valence-electron chi connectivity index (χ4n) is 2.54. The third-order valence-corrected chi connectivity index (χ3v) is 3.86. The van der Waals surface area contributed by atoms with E-state index in [0.717, 1.165) is 30.1 Å². The summed E-state index contributed by atoms with van der Waals surface area (Å²) in [4.78, 5) is 20.2. The van der Waals surface area contributed by atoms with Crippen molar-refractivity contribution >= 4 is 29.0 Å². The fourth-order valence-corrected chi connectivity index (χ4v) is 2.54. The molecule has 0 spiro atoms. The Bertz CT molecular complexity index is 793. The van der Waals surface area contributed by atoms with E-state index in [9.17, 15) is 4.79 Å². The van der Waals surface area contributed by atoms with Gasteiger partial charge in [0, 0.05) is 25.0 Å². The van der Waals surface area contributed by atoms with Gasteiger partial charge in [-0.1, -0.05) is 13.8 Å². The summed E-state index contributed by atoms with van der Waals surface area (Å²) < 4.78 is 5.69. The van der Waals surface area contributed by atoms with Crippen LogP contribution in [0.5, 0.6) is 5.75 Å². The van der Waals surface area contributed by atoms with Crippen LogP contribution in [0.15, 0.2) is 24.4 Å². The largest absolute Gasteiger partial charge is 0.491 e. The molecule has 3 rings (SSSR count). The highest BCUT2D eigenvalue weighted by Gasteiger charge is 2.14. The average molecular weight is 356 g/mol. The lowest BCUT2D eigenvalue weighted by molar-refractivity contribution is 0.100. The zero-order valence-electron chi connectivity index (χ0n) is 15.0. The topological polar surface area (TPSA) is 114 Å². The highest BCUT2D eigenvalue weighted by molar-refractivity contribution is 5.97. The average Bonchev–Trinajstić information content (AvgIpc) is 2.84. The number of anilines is 4. The molecule has 5 N–H and O–H groups in total. The lowest BCUT2D eigenvalue weighted by Crippen LogP contribution is -2.18. The highest BCUT2D eigenvalue weighted by Crippen LogP contribution is 2.30. The van der Waals surface area contributed by atoms with Gasteiger partial charge in [0.1, 0.15) is 11.6 Å². The molecular formula is C18H24N6O2. The smallest absolute Gasteiger partial charge is 0.254 e. The number of nitrogens with two attached hydrogens (primary N) is 1. The Labute approximate surface area is 152 Å². The third kappa shape index (κ3) is 4.33. The third-order valence-electron chi connectivity index (χ3n) is 3.86. The highest BCUT2D eigenvalue weighted by atomic mass is 16.5. The summed E-state index contributed by atoms with van der Waals surface area (Å²) in [6, 6.07) is 5.76. The van der Waals surface area contributed by atoms with E-state index in [4.69, 9.17) is 10.5 Å². The summed E-state index contributed by atoms with van der Waals surface area (Å²) in [6.07, 6.45) is 2.39. The summed E-state index contributed by atoms with van der Waals surface area (Å²) in [6.45, 7) is 6.39. The van der Waals surface area contributed by atoms with Crippen molar-refractivity contribution in [3.63, 3.8) is 0 Å². The minimum Gasteiger partial charge on any atom is -0.491 e. The van der Waals surface area contributed by atoms with E-state index in [2.05, 4.69) is 39.8 Å². The molecule has 26 heavy (non-hydrogen) atoms. The first kappa shape index (κ1) is 17.8. The van der Waals surface area contributed by atoms with Crippen LogP contribution in [0.4, 0.5) is 23.1 Å². The van der Waals surface area contributed by atoms with Crippen LogP contribution in [-0.2, 0) is 0 Å². The van der Waals surface area contributed by atoms with Gasteiger partial charge in [-0.3, -0.25) is 4.79 Å². The molecule has 0 bridgehead atoms. The minimum absolute atomic E-state index is 0.271. The van der Waals surface area contributed by atoms with Gasteiger partial charge in [-0.05, 0) is 30.5 Å². The van der Waals surface area contributed by atoms with E-state index in [0.29, 0.717) is 30.8 Å². The van der Waals surface area contributed by atoms with Crippen LogP contribution in [0.1, 0.15) is 30.6 Å². The molecule has 0 unspecified atom stereocenters. The monoisotopic (exact) mass is 356 g/mol. The first-order chi connectivity index (χ1) is 12.5. The molecule has 0 radical (unpaired) electrons. The van der Waals surface area contributed by atoms with Crippen molar-refractivity contribution in [3.05, 3.63) is 30.0 Å². The van der Waals surface area contributed by atoms with Crippen LogP contribution in [0.25, 0.3) is 0 Å². The number of aromatic nitrogens is 2. The first-order valence-corrected chi connectivity index (χ1v) is 8.71. The number of nitrogens with one attached hydrogen (secondary N) is 3.